The quantitative estimate of drug-likeness (QED) is 0.776. The molecule has 0 aliphatic carbocycles. The number of nitrogens with zero attached hydrogens (tertiary/aromatic N) is 3. The van der Waals surface area contributed by atoms with Gasteiger partial charge in [0.2, 0.25) is 11.8 Å². The average Bonchev–Trinajstić information content (AvgIpc) is 3.07. The zero-order valence-electron chi connectivity index (χ0n) is 13.3. The highest BCUT2D eigenvalue weighted by molar-refractivity contribution is 5.86. The normalized spacial score (nSPS) is 19.5. The van der Waals surface area contributed by atoms with Crippen LogP contribution in [0.3, 0.4) is 0 Å². The Bertz CT molecular complexity index is 482. The van der Waals surface area contributed by atoms with Crippen molar-refractivity contribution in [2.75, 3.05) is 33.2 Å². The van der Waals surface area contributed by atoms with Crippen LogP contribution in [0.1, 0.15) is 25.8 Å². The number of likely N-dealkylation sites (N-methyl/N-ethyl adjacent to an activating group) is 1. The highest BCUT2D eigenvalue weighted by atomic mass is 16.2. The topological polar surface area (TPSA) is 79.3 Å². The predicted molar refractivity (Wildman–Crippen MR) is 83.2 cm³/mol. The number of carbonyl (C=O) groups excluding carboxylic acids is 2. The van der Waals surface area contributed by atoms with Crippen molar-refractivity contribution < 1.29 is 9.59 Å². The first-order valence-corrected chi connectivity index (χ1v) is 7.79. The van der Waals surface area contributed by atoms with Gasteiger partial charge in [-0.1, -0.05) is 0 Å². The zero-order chi connectivity index (χ0) is 15.9. The van der Waals surface area contributed by atoms with Gasteiger partial charge in [0.05, 0.1) is 6.54 Å². The van der Waals surface area contributed by atoms with E-state index in [1.165, 1.54) is 4.90 Å². The molecule has 0 aromatic carbocycles. The van der Waals surface area contributed by atoms with E-state index in [4.69, 9.17) is 0 Å². The van der Waals surface area contributed by atoms with Crippen LogP contribution in [0, 0.1) is 5.92 Å². The molecule has 7 heteroatoms. The van der Waals surface area contributed by atoms with Crippen LogP contribution in [0.15, 0.2) is 18.5 Å². The molecule has 1 aromatic heterocycles. The molecule has 0 saturated carbocycles. The molecule has 22 heavy (non-hydrogen) atoms. The summed E-state index contributed by atoms with van der Waals surface area (Å²) < 4.78 is 1.59. The maximum Gasteiger partial charge on any atom is 0.247 e. The molecule has 2 N–H and O–H groups in total. The van der Waals surface area contributed by atoms with Crippen molar-refractivity contribution >= 4 is 11.8 Å². The highest BCUT2D eigenvalue weighted by Gasteiger charge is 2.21. The van der Waals surface area contributed by atoms with Crippen LogP contribution in [0.2, 0.25) is 0 Å². The van der Waals surface area contributed by atoms with Crippen LogP contribution < -0.4 is 10.6 Å². The summed E-state index contributed by atoms with van der Waals surface area (Å²) in [6.45, 7) is 4.53. The van der Waals surface area contributed by atoms with Gasteiger partial charge in [-0.3, -0.25) is 14.3 Å². The Morgan fingerprint density at radius 3 is 3.00 bits per heavy atom. The number of piperidine rings is 1. The van der Waals surface area contributed by atoms with E-state index in [9.17, 15) is 9.59 Å². The number of hydrogen-bond acceptors (Lipinski definition) is 4. The van der Waals surface area contributed by atoms with E-state index in [2.05, 4.69) is 15.7 Å². The van der Waals surface area contributed by atoms with Crippen molar-refractivity contribution in [3.05, 3.63) is 18.5 Å². The van der Waals surface area contributed by atoms with E-state index >= 15 is 0 Å². The third-order valence-electron chi connectivity index (χ3n) is 4.02. The molecule has 0 bridgehead atoms. The number of rotatable bonds is 6. The lowest BCUT2D eigenvalue weighted by atomic mass is 10.00. The van der Waals surface area contributed by atoms with Crippen molar-refractivity contribution in [2.24, 2.45) is 5.92 Å². The van der Waals surface area contributed by atoms with Crippen LogP contribution in [-0.4, -0.2) is 59.7 Å². The smallest absolute Gasteiger partial charge is 0.247 e. The number of amides is 2. The fourth-order valence-electron chi connectivity index (χ4n) is 2.65. The van der Waals surface area contributed by atoms with E-state index in [0.717, 1.165) is 25.9 Å². The van der Waals surface area contributed by atoms with E-state index in [1.54, 1.807) is 37.1 Å². The lowest BCUT2D eigenvalue weighted by Gasteiger charge is -2.24. The zero-order valence-corrected chi connectivity index (χ0v) is 13.3. The lowest BCUT2D eigenvalue weighted by Crippen LogP contribution is -2.44. The lowest BCUT2D eigenvalue weighted by molar-refractivity contribution is -0.137. The van der Waals surface area contributed by atoms with E-state index in [0.29, 0.717) is 12.5 Å². The van der Waals surface area contributed by atoms with Crippen molar-refractivity contribution in [3.63, 3.8) is 0 Å². The van der Waals surface area contributed by atoms with Crippen molar-refractivity contribution in [1.82, 2.24) is 25.3 Å². The minimum absolute atomic E-state index is 0.0740. The van der Waals surface area contributed by atoms with Gasteiger partial charge in [-0.15, -0.1) is 0 Å². The predicted octanol–water partition coefficient (Wildman–Crippen LogP) is 0.0183. The molecule has 1 aromatic rings. The fourth-order valence-corrected chi connectivity index (χ4v) is 2.65. The Morgan fingerprint density at radius 1 is 1.55 bits per heavy atom. The van der Waals surface area contributed by atoms with E-state index in [1.807, 2.05) is 0 Å². The van der Waals surface area contributed by atoms with Gasteiger partial charge in [-0.2, -0.15) is 5.10 Å². The molecule has 0 spiro atoms. The minimum atomic E-state index is -0.407. The summed E-state index contributed by atoms with van der Waals surface area (Å²) in [6.07, 6.45) is 5.67. The van der Waals surface area contributed by atoms with Crippen LogP contribution in [0.25, 0.3) is 0 Å². The molecule has 2 heterocycles. The molecule has 1 fully saturated rings. The van der Waals surface area contributed by atoms with Crippen LogP contribution in [-0.2, 0) is 9.59 Å². The molecule has 2 amide bonds. The van der Waals surface area contributed by atoms with E-state index in [-0.39, 0.29) is 18.4 Å². The van der Waals surface area contributed by atoms with Crippen molar-refractivity contribution in [2.45, 2.75) is 25.8 Å². The second kappa shape index (κ2) is 7.93. The summed E-state index contributed by atoms with van der Waals surface area (Å²) in [5.41, 5.74) is 0. The molecule has 7 nitrogen and oxygen atoms in total. The molecule has 2 rings (SSSR count). The molecule has 1 aliphatic heterocycles. The standard InChI is InChI=1S/C15H25N5O2/c1-12(20-8-4-7-18-20)15(22)19(2)11-14(21)17-10-13-5-3-6-16-9-13/h4,7-8,12-13,16H,3,5-6,9-11H2,1-2H3,(H,17,21). The van der Waals surface area contributed by atoms with Gasteiger partial charge >= 0.3 is 0 Å². The molecule has 2 atom stereocenters. The molecule has 1 saturated heterocycles. The number of nitrogens with one attached hydrogen (secondary N) is 2. The summed E-state index contributed by atoms with van der Waals surface area (Å²) in [6, 6.07) is 1.37. The number of aromatic nitrogens is 2. The summed E-state index contributed by atoms with van der Waals surface area (Å²) in [4.78, 5) is 25.7. The summed E-state index contributed by atoms with van der Waals surface area (Å²) in [5, 5.41) is 10.3. The largest absolute Gasteiger partial charge is 0.354 e. The summed E-state index contributed by atoms with van der Waals surface area (Å²) in [7, 11) is 1.64. The Balaban J connectivity index is 1.74. The maximum atomic E-state index is 12.3. The maximum absolute atomic E-state index is 12.3. The third kappa shape index (κ3) is 4.56. The summed E-state index contributed by atoms with van der Waals surface area (Å²) in [5.74, 6) is 0.244. The van der Waals surface area contributed by atoms with Crippen LogP contribution >= 0.6 is 0 Å². The van der Waals surface area contributed by atoms with Crippen molar-refractivity contribution in [3.8, 4) is 0 Å². The first-order valence-electron chi connectivity index (χ1n) is 7.79. The van der Waals surface area contributed by atoms with E-state index < -0.39 is 6.04 Å². The Hall–Kier alpha value is -1.89. The van der Waals surface area contributed by atoms with Crippen LogP contribution in [0.4, 0.5) is 0 Å². The second-order valence-corrected chi connectivity index (χ2v) is 5.87. The molecule has 122 valence electrons. The molecular formula is C15H25N5O2. The second-order valence-electron chi connectivity index (χ2n) is 5.87. The van der Waals surface area contributed by atoms with Gasteiger partial charge in [0, 0.05) is 26.0 Å². The summed E-state index contributed by atoms with van der Waals surface area (Å²) >= 11 is 0. The number of carbonyl (C=O) groups is 2. The first-order chi connectivity index (χ1) is 10.6. The fraction of sp³-hybridized carbons (Fsp3) is 0.667. The molecular weight excluding hydrogens is 282 g/mol. The van der Waals surface area contributed by atoms with Gasteiger partial charge in [0.15, 0.2) is 0 Å². The van der Waals surface area contributed by atoms with Gasteiger partial charge in [-0.25, -0.2) is 0 Å². The minimum Gasteiger partial charge on any atom is -0.354 e. The van der Waals surface area contributed by atoms with Gasteiger partial charge in [0.25, 0.3) is 0 Å². The molecule has 0 radical (unpaired) electrons. The molecule has 2 unspecified atom stereocenters. The monoisotopic (exact) mass is 307 g/mol. The van der Waals surface area contributed by atoms with Crippen molar-refractivity contribution in [1.29, 1.82) is 0 Å². The Morgan fingerprint density at radius 2 is 2.36 bits per heavy atom. The Kier molecular flexibility index (Phi) is 5.94. The van der Waals surface area contributed by atoms with Gasteiger partial charge in [0.1, 0.15) is 6.04 Å². The van der Waals surface area contributed by atoms with Gasteiger partial charge in [-0.05, 0) is 44.8 Å². The SMILES string of the molecule is CC(C(=O)N(C)CC(=O)NCC1CCCNC1)n1cccn1. The third-order valence-corrected chi connectivity index (χ3v) is 4.02. The Labute approximate surface area is 131 Å². The van der Waals surface area contributed by atoms with Gasteiger partial charge < -0.3 is 15.5 Å². The van der Waals surface area contributed by atoms with Crippen LogP contribution in [0.5, 0.6) is 0 Å². The number of hydrogen-bond donors (Lipinski definition) is 2. The first kappa shape index (κ1) is 16.5. The highest BCUT2D eigenvalue weighted by Crippen LogP contribution is 2.09. The molecule has 1 aliphatic rings. The average molecular weight is 307 g/mol.